The highest BCUT2D eigenvalue weighted by Crippen LogP contribution is 2.25. The standard InChI is InChI=1S/C24H31N3O3S/c1-4-26(5-2)24(30)21(25-22(28)20-11-8-16-31-20)18-12-14-27(15-13-18)23(29)19-10-7-6-9-17(19)3/h6-11,16,18,21H,4-5,12-15H2,1-3H3,(H,25,28). The van der Waals surface area contributed by atoms with Gasteiger partial charge in [-0.25, -0.2) is 0 Å². The van der Waals surface area contributed by atoms with Crippen LogP contribution in [0, 0.1) is 12.8 Å². The average molecular weight is 442 g/mol. The Bertz CT molecular complexity index is 901. The average Bonchev–Trinajstić information content (AvgIpc) is 3.33. The summed E-state index contributed by atoms with van der Waals surface area (Å²) < 4.78 is 0. The normalized spacial score (nSPS) is 15.4. The molecule has 0 aliphatic carbocycles. The molecule has 3 rings (SSSR count). The number of amides is 3. The van der Waals surface area contributed by atoms with Gasteiger partial charge in [0.15, 0.2) is 0 Å². The molecular formula is C24H31N3O3S. The minimum absolute atomic E-state index is 0.00191. The molecule has 1 aliphatic heterocycles. The van der Waals surface area contributed by atoms with Crippen molar-refractivity contribution in [3.8, 4) is 0 Å². The van der Waals surface area contributed by atoms with Gasteiger partial charge in [-0.1, -0.05) is 24.3 Å². The molecule has 0 saturated carbocycles. The van der Waals surface area contributed by atoms with Crippen molar-refractivity contribution in [2.75, 3.05) is 26.2 Å². The van der Waals surface area contributed by atoms with Gasteiger partial charge in [0, 0.05) is 31.7 Å². The van der Waals surface area contributed by atoms with Crippen LogP contribution < -0.4 is 5.32 Å². The number of piperidine rings is 1. The van der Waals surface area contributed by atoms with Crippen LogP contribution in [0.1, 0.15) is 52.3 Å². The first-order chi connectivity index (χ1) is 15.0. The lowest BCUT2D eigenvalue weighted by Crippen LogP contribution is -2.54. The Balaban J connectivity index is 1.71. The van der Waals surface area contributed by atoms with Gasteiger partial charge in [-0.05, 0) is 62.6 Å². The predicted molar refractivity (Wildman–Crippen MR) is 123 cm³/mol. The molecule has 6 nitrogen and oxygen atoms in total. The molecule has 7 heteroatoms. The van der Waals surface area contributed by atoms with E-state index in [-0.39, 0.29) is 23.6 Å². The summed E-state index contributed by atoms with van der Waals surface area (Å²) in [6.45, 7) is 8.20. The number of nitrogens with one attached hydrogen (secondary N) is 1. The van der Waals surface area contributed by atoms with Crippen LogP contribution in [0.4, 0.5) is 0 Å². The number of carbonyl (C=O) groups is 3. The molecule has 1 aliphatic rings. The molecule has 2 heterocycles. The number of likely N-dealkylation sites (tertiary alicyclic amines) is 1. The highest BCUT2D eigenvalue weighted by atomic mass is 32.1. The molecule has 2 aromatic rings. The fraction of sp³-hybridized carbons (Fsp3) is 0.458. The molecule has 1 fully saturated rings. The maximum atomic E-state index is 13.2. The molecule has 1 saturated heterocycles. The topological polar surface area (TPSA) is 69.7 Å². The highest BCUT2D eigenvalue weighted by Gasteiger charge is 2.36. The van der Waals surface area contributed by atoms with E-state index in [9.17, 15) is 14.4 Å². The van der Waals surface area contributed by atoms with Crippen molar-refractivity contribution < 1.29 is 14.4 Å². The van der Waals surface area contributed by atoms with Crippen LogP contribution >= 0.6 is 11.3 Å². The van der Waals surface area contributed by atoms with Crippen LogP contribution in [-0.4, -0.2) is 59.7 Å². The summed E-state index contributed by atoms with van der Waals surface area (Å²) in [5.74, 6) is -0.221. The second kappa shape index (κ2) is 10.6. The third-order valence-corrected chi connectivity index (χ3v) is 6.92. The monoisotopic (exact) mass is 441 g/mol. The van der Waals surface area contributed by atoms with Crippen LogP contribution in [0.25, 0.3) is 0 Å². The molecule has 0 bridgehead atoms. The van der Waals surface area contributed by atoms with Crippen LogP contribution in [0.5, 0.6) is 0 Å². The first kappa shape index (κ1) is 23.0. The summed E-state index contributed by atoms with van der Waals surface area (Å²) in [6, 6.07) is 10.6. The Morgan fingerprint density at radius 3 is 2.35 bits per heavy atom. The molecule has 31 heavy (non-hydrogen) atoms. The number of nitrogens with zero attached hydrogens (tertiary/aromatic N) is 2. The van der Waals surface area contributed by atoms with Gasteiger partial charge in [-0.15, -0.1) is 11.3 Å². The van der Waals surface area contributed by atoms with Crippen molar-refractivity contribution in [2.45, 2.75) is 39.7 Å². The van der Waals surface area contributed by atoms with Gasteiger partial charge in [0.05, 0.1) is 4.88 Å². The van der Waals surface area contributed by atoms with E-state index in [1.54, 1.807) is 11.0 Å². The molecule has 1 aromatic carbocycles. The maximum absolute atomic E-state index is 13.2. The summed E-state index contributed by atoms with van der Waals surface area (Å²) >= 11 is 1.36. The Morgan fingerprint density at radius 2 is 1.77 bits per heavy atom. The molecular weight excluding hydrogens is 410 g/mol. The fourth-order valence-corrected chi connectivity index (χ4v) is 4.78. The SMILES string of the molecule is CCN(CC)C(=O)C(NC(=O)c1cccs1)C1CCN(C(=O)c2ccccc2C)CC1. The van der Waals surface area contributed by atoms with E-state index in [4.69, 9.17) is 0 Å². The number of hydrogen-bond acceptors (Lipinski definition) is 4. The summed E-state index contributed by atoms with van der Waals surface area (Å²) in [5.41, 5.74) is 1.69. The minimum atomic E-state index is -0.579. The second-order valence-corrected chi connectivity index (χ2v) is 8.83. The number of likely N-dealkylation sites (N-methyl/N-ethyl adjacent to an activating group) is 1. The molecule has 3 amide bonds. The van der Waals surface area contributed by atoms with Crippen LogP contribution in [0.3, 0.4) is 0 Å². The summed E-state index contributed by atoms with van der Waals surface area (Å²) in [6.07, 6.45) is 1.36. The second-order valence-electron chi connectivity index (χ2n) is 7.88. The lowest BCUT2D eigenvalue weighted by molar-refractivity contribution is -0.134. The van der Waals surface area contributed by atoms with Crippen molar-refractivity contribution in [1.29, 1.82) is 0 Å². The summed E-state index contributed by atoms with van der Waals surface area (Å²) in [7, 11) is 0. The number of hydrogen-bond donors (Lipinski definition) is 1. The quantitative estimate of drug-likeness (QED) is 0.714. The fourth-order valence-electron chi connectivity index (χ4n) is 4.15. The number of rotatable bonds is 7. The number of benzene rings is 1. The zero-order valence-electron chi connectivity index (χ0n) is 18.5. The molecule has 166 valence electrons. The van der Waals surface area contributed by atoms with Crippen LogP contribution in [0.2, 0.25) is 0 Å². The number of carbonyl (C=O) groups excluding carboxylic acids is 3. The van der Waals surface area contributed by atoms with Gasteiger partial charge in [-0.2, -0.15) is 0 Å². The lowest BCUT2D eigenvalue weighted by atomic mass is 9.88. The van der Waals surface area contributed by atoms with Gasteiger partial charge in [0.25, 0.3) is 11.8 Å². The van der Waals surface area contributed by atoms with E-state index < -0.39 is 6.04 Å². The molecule has 0 radical (unpaired) electrons. The molecule has 0 spiro atoms. The van der Waals surface area contributed by atoms with Crippen molar-refractivity contribution in [2.24, 2.45) is 5.92 Å². The lowest BCUT2D eigenvalue weighted by Gasteiger charge is -2.37. The largest absolute Gasteiger partial charge is 0.341 e. The minimum Gasteiger partial charge on any atom is -0.341 e. The van der Waals surface area contributed by atoms with Gasteiger partial charge >= 0.3 is 0 Å². The van der Waals surface area contributed by atoms with Crippen molar-refractivity contribution in [3.63, 3.8) is 0 Å². The summed E-state index contributed by atoms with van der Waals surface area (Å²) in [5, 5.41) is 4.85. The van der Waals surface area contributed by atoms with E-state index in [0.29, 0.717) is 43.9 Å². The van der Waals surface area contributed by atoms with E-state index in [2.05, 4.69) is 5.32 Å². The summed E-state index contributed by atoms with van der Waals surface area (Å²) in [4.78, 5) is 43.1. The number of thiophene rings is 1. The van der Waals surface area contributed by atoms with Crippen molar-refractivity contribution >= 4 is 29.1 Å². The van der Waals surface area contributed by atoms with E-state index in [1.165, 1.54) is 11.3 Å². The highest BCUT2D eigenvalue weighted by molar-refractivity contribution is 7.12. The zero-order chi connectivity index (χ0) is 22.4. The Morgan fingerprint density at radius 1 is 1.10 bits per heavy atom. The van der Waals surface area contributed by atoms with Crippen LogP contribution in [-0.2, 0) is 4.79 Å². The smallest absolute Gasteiger partial charge is 0.262 e. The first-order valence-corrected chi connectivity index (χ1v) is 11.8. The maximum Gasteiger partial charge on any atom is 0.262 e. The molecule has 1 unspecified atom stereocenters. The number of aryl methyl sites for hydroxylation is 1. The van der Waals surface area contributed by atoms with Gasteiger partial charge < -0.3 is 15.1 Å². The Hall–Kier alpha value is -2.67. The van der Waals surface area contributed by atoms with Crippen LogP contribution in [0.15, 0.2) is 41.8 Å². The third-order valence-electron chi connectivity index (χ3n) is 6.05. The molecule has 1 atom stereocenters. The molecule has 1 aromatic heterocycles. The molecule has 1 N–H and O–H groups in total. The third kappa shape index (κ3) is 5.34. The first-order valence-electron chi connectivity index (χ1n) is 10.9. The van der Waals surface area contributed by atoms with Gasteiger partial charge in [0.2, 0.25) is 5.91 Å². The predicted octanol–water partition coefficient (Wildman–Crippen LogP) is 3.58. The van der Waals surface area contributed by atoms with Crippen molar-refractivity contribution in [1.82, 2.24) is 15.1 Å². The Labute approximate surface area is 188 Å². The van der Waals surface area contributed by atoms with E-state index >= 15 is 0 Å². The van der Waals surface area contributed by atoms with Gasteiger partial charge in [-0.3, -0.25) is 14.4 Å². The van der Waals surface area contributed by atoms with E-state index in [1.807, 2.05) is 61.4 Å². The van der Waals surface area contributed by atoms with Crippen molar-refractivity contribution in [3.05, 3.63) is 57.8 Å². The zero-order valence-corrected chi connectivity index (χ0v) is 19.3. The van der Waals surface area contributed by atoms with Gasteiger partial charge in [0.1, 0.15) is 6.04 Å². The Kier molecular flexibility index (Phi) is 7.85. The van der Waals surface area contributed by atoms with E-state index in [0.717, 1.165) is 11.1 Å².